The molecule has 3 heterocycles. The van der Waals surface area contributed by atoms with Gasteiger partial charge in [0, 0.05) is 27.9 Å². The van der Waals surface area contributed by atoms with E-state index >= 15 is 0 Å². The van der Waals surface area contributed by atoms with Crippen molar-refractivity contribution in [2.24, 2.45) is 0 Å². The average Bonchev–Trinajstić information content (AvgIpc) is 3.62. The molecule has 0 radical (unpaired) electrons. The minimum atomic E-state index is 0.848. The van der Waals surface area contributed by atoms with Gasteiger partial charge in [-0.2, -0.15) is 0 Å². The third kappa shape index (κ3) is 5.65. The van der Waals surface area contributed by atoms with E-state index < -0.39 is 0 Å². The standard InChI is InChI=1S/C50H32N2O/c1-3-12-33(13-4-1)37-16-11-17-39(28-37)44-32-45-42-26-25-38(31-49(42)53-50(45)43-19-8-7-18-41(43)44)34-21-23-35(24-22-34)40-29-47(36-14-5-2-6-15-36)52-48(30-40)46-20-9-10-27-51-46/h1-32H. The molecule has 53 heavy (non-hydrogen) atoms. The summed E-state index contributed by atoms with van der Waals surface area (Å²) in [5.74, 6) is 0. The molecule has 0 N–H and O–H groups in total. The maximum Gasteiger partial charge on any atom is 0.143 e. The van der Waals surface area contributed by atoms with Crippen molar-refractivity contribution in [1.29, 1.82) is 0 Å². The Bertz CT molecular complexity index is 2860. The van der Waals surface area contributed by atoms with Crippen LogP contribution < -0.4 is 0 Å². The molecule has 248 valence electrons. The molecule has 0 unspecified atom stereocenters. The zero-order valence-corrected chi connectivity index (χ0v) is 28.8. The predicted molar refractivity (Wildman–Crippen MR) is 219 cm³/mol. The van der Waals surface area contributed by atoms with Crippen molar-refractivity contribution in [2.45, 2.75) is 0 Å². The summed E-state index contributed by atoms with van der Waals surface area (Å²) in [6.07, 6.45) is 1.81. The Labute approximate surface area is 307 Å². The lowest BCUT2D eigenvalue weighted by atomic mass is 9.93. The Morgan fingerprint density at radius 3 is 1.70 bits per heavy atom. The van der Waals surface area contributed by atoms with Crippen LogP contribution in [0.3, 0.4) is 0 Å². The van der Waals surface area contributed by atoms with E-state index in [9.17, 15) is 0 Å². The van der Waals surface area contributed by atoms with Gasteiger partial charge in [-0.25, -0.2) is 4.98 Å². The van der Waals surface area contributed by atoms with Crippen LogP contribution in [-0.4, -0.2) is 9.97 Å². The minimum absolute atomic E-state index is 0.848. The molecule has 10 aromatic rings. The maximum atomic E-state index is 6.70. The number of benzene rings is 7. The Kier molecular flexibility index (Phi) is 7.47. The molecule has 3 aromatic heterocycles. The second-order valence-electron chi connectivity index (χ2n) is 13.4. The first kappa shape index (κ1) is 30.7. The van der Waals surface area contributed by atoms with E-state index in [2.05, 4.69) is 157 Å². The second-order valence-corrected chi connectivity index (χ2v) is 13.4. The number of rotatable bonds is 6. The molecule has 0 bridgehead atoms. The summed E-state index contributed by atoms with van der Waals surface area (Å²) in [5, 5.41) is 4.53. The Morgan fingerprint density at radius 2 is 0.925 bits per heavy atom. The van der Waals surface area contributed by atoms with Gasteiger partial charge in [-0.3, -0.25) is 4.98 Å². The highest BCUT2D eigenvalue weighted by atomic mass is 16.3. The summed E-state index contributed by atoms with van der Waals surface area (Å²) in [6.45, 7) is 0. The number of nitrogens with zero attached hydrogens (tertiary/aromatic N) is 2. The van der Waals surface area contributed by atoms with E-state index in [1.54, 1.807) is 0 Å². The largest absolute Gasteiger partial charge is 0.455 e. The Balaban J connectivity index is 1.04. The van der Waals surface area contributed by atoms with Gasteiger partial charge in [0.2, 0.25) is 0 Å². The fraction of sp³-hybridized carbons (Fsp3) is 0. The molecule has 0 aliphatic heterocycles. The molecule has 0 aliphatic rings. The summed E-state index contributed by atoms with van der Waals surface area (Å²) < 4.78 is 6.70. The van der Waals surface area contributed by atoms with E-state index in [4.69, 9.17) is 9.40 Å². The third-order valence-electron chi connectivity index (χ3n) is 10.1. The fourth-order valence-electron chi connectivity index (χ4n) is 7.47. The molecule has 3 nitrogen and oxygen atoms in total. The number of hydrogen-bond donors (Lipinski definition) is 0. The van der Waals surface area contributed by atoms with E-state index in [1.165, 1.54) is 27.6 Å². The summed E-state index contributed by atoms with van der Waals surface area (Å²) in [5.41, 5.74) is 14.7. The predicted octanol–water partition coefficient (Wildman–Crippen LogP) is 13.5. The Morgan fingerprint density at radius 1 is 0.321 bits per heavy atom. The van der Waals surface area contributed by atoms with Crippen molar-refractivity contribution in [3.63, 3.8) is 0 Å². The first-order valence-corrected chi connectivity index (χ1v) is 17.9. The Hall–Kier alpha value is -7.10. The fourth-order valence-corrected chi connectivity index (χ4v) is 7.47. The van der Waals surface area contributed by atoms with Crippen LogP contribution >= 0.6 is 0 Å². The van der Waals surface area contributed by atoms with Gasteiger partial charge >= 0.3 is 0 Å². The maximum absolute atomic E-state index is 6.70. The highest BCUT2D eigenvalue weighted by molar-refractivity contribution is 6.19. The molecular weight excluding hydrogens is 645 g/mol. The van der Waals surface area contributed by atoms with Gasteiger partial charge < -0.3 is 4.42 Å². The highest BCUT2D eigenvalue weighted by Crippen LogP contribution is 2.41. The monoisotopic (exact) mass is 676 g/mol. The van der Waals surface area contributed by atoms with Crippen molar-refractivity contribution in [1.82, 2.24) is 9.97 Å². The van der Waals surface area contributed by atoms with E-state index in [-0.39, 0.29) is 0 Å². The minimum Gasteiger partial charge on any atom is -0.455 e. The summed E-state index contributed by atoms with van der Waals surface area (Å²) in [4.78, 5) is 9.59. The summed E-state index contributed by atoms with van der Waals surface area (Å²) in [7, 11) is 0. The number of pyridine rings is 2. The summed E-state index contributed by atoms with van der Waals surface area (Å²) >= 11 is 0. The molecular formula is C50H32N2O. The average molecular weight is 677 g/mol. The molecule has 0 spiro atoms. The lowest BCUT2D eigenvalue weighted by Gasteiger charge is -2.11. The van der Waals surface area contributed by atoms with Gasteiger partial charge in [-0.1, -0.05) is 140 Å². The topological polar surface area (TPSA) is 38.9 Å². The van der Waals surface area contributed by atoms with Gasteiger partial charge in [0.1, 0.15) is 11.2 Å². The van der Waals surface area contributed by atoms with Crippen molar-refractivity contribution >= 4 is 32.7 Å². The number of fused-ring (bicyclic) bond motifs is 5. The zero-order valence-electron chi connectivity index (χ0n) is 28.8. The molecule has 0 aliphatic carbocycles. The van der Waals surface area contributed by atoms with Crippen molar-refractivity contribution in [2.75, 3.05) is 0 Å². The van der Waals surface area contributed by atoms with Crippen molar-refractivity contribution < 1.29 is 4.42 Å². The van der Waals surface area contributed by atoms with Gasteiger partial charge in [0.25, 0.3) is 0 Å². The molecule has 0 saturated heterocycles. The normalized spacial score (nSPS) is 11.4. The second kappa shape index (κ2) is 12.9. The van der Waals surface area contributed by atoms with Gasteiger partial charge in [0.05, 0.1) is 17.1 Å². The molecule has 0 amide bonds. The van der Waals surface area contributed by atoms with Crippen LogP contribution in [0.4, 0.5) is 0 Å². The number of hydrogen-bond acceptors (Lipinski definition) is 3. The first-order valence-electron chi connectivity index (χ1n) is 17.9. The quantitative estimate of drug-likeness (QED) is 0.176. The van der Waals surface area contributed by atoms with Gasteiger partial charge in [-0.05, 0) is 98.4 Å². The van der Waals surface area contributed by atoms with Crippen LogP contribution in [0.25, 0.3) is 99.9 Å². The van der Waals surface area contributed by atoms with Crippen molar-refractivity contribution in [3.8, 4) is 67.2 Å². The molecule has 10 rings (SSSR count). The van der Waals surface area contributed by atoms with Crippen molar-refractivity contribution in [3.05, 3.63) is 194 Å². The molecule has 0 fully saturated rings. The van der Waals surface area contributed by atoms with E-state index in [0.29, 0.717) is 0 Å². The van der Waals surface area contributed by atoms with E-state index in [1.807, 2.05) is 42.6 Å². The van der Waals surface area contributed by atoms with Crippen LogP contribution in [0.5, 0.6) is 0 Å². The highest BCUT2D eigenvalue weighted by Gasteiger charge is 2.16. The molecule has 0 saturated carbocycles. The van der Waals surface area contributed by atoms with Crippen LogP contribution in [0, 0.1) is 0 Å². The summed E-state index contributed by atoms with van der Waals surface area (Å²) in [6, 6.07) is 66.1. The first-order chi connectivity index (χ1) is 26.2. The lowest BCUT2D eigenvalue weighted by Crippen LogP contribution is -1.92. The van der Waals surface area contributed by atoms with Crippen LogP contribution in [0.1, 0.15) is 0 Å². The molecule has 7 aromatic carbocycles. The molecule has 0 atom stereocenters. The molecule has 3 heteroatoms. The third-order valence-corrected chi connectivity index (χ3v) is 10.1. The lowest BCUT2D eigenvalue weighted by molar-refractivity contribution is 0.673. The van der Waals surface area contributed by atoms with Gasteiger partial charge in [-0.15, -0.1) is 0 Å². The number of furan rings is 1. The zero-order chi connectivity index (χ0) is 35.1. The van der Waals surface area contributed by atoms with Gasteiger partial charge in [0.15, 0.2) is 0 Å². The van der Waals surface area contributed by atoms with Crippen LogP contribution in [0.15, 0.2) is 199 Å². The van der Waals surface area contributed by atoms with E-state index in [0.717, 1.165) is 72.2 Å². The van der Waals surface area contributed by atoms with Crippen LogP contribution in [-0.2, 0) is 0 Å². The number of aromatic nitrogens is 2. The van der Waals surface area contributed by atoms with Crippen LogP contribution in [0.2, 0.25) is 0 Å². The smallest absolute Gasteiger partial charge is 0.143 e. The SMILES string of the molecule is c1ccc(-c2cccc(-c3cc4c5ccc(-c6ccc(-c7cc(-c8ccccc8)nc(-c8ccccn8)c7)cc6)cc5oc4c4ccccc34)c2)cc1.